The lowest BCUT2D eigenvalue weighted by Gasteiger charge is -2.36. The molecule has 0 aromatic heterocycles. The lowest BCUT2D eigenvalue weighted by Crippen LogP contribution is -2.51. The second-order valence-electron chi connectivity index (χ2n) is 6.36. The van der Waals surface area contributed by atoms with Crippen LogP contribution >= 0.6 is 11.6 Å². The van der Waals surface area contributed by atoms with Crippen LogP contribution in [0.3, 0.4) is 0 Å². The molecule has 1 aliphatic heterocycles. The molecule has 6 heteroatoms. The first-order chi connectivity index (χ1) is 12.6. The molecule has 1 N–H and O–H groups in total. The van der Waals surface area contributed by atoms with Gasteiger partial charge in [0.25, 0.3) is 0 Å². The van der Waals surface area contributed by atoms with Crippen LogP contribution in [-0.2, 0) is 6.54 Å². The number of methoxy groups -OCH3 is 1. The smallest absolute Gasteiger partial charge is 0.317 e. The first kappa shape index (κ1) is 18.4. The number of benzene rings is 2. The van der Waals surface area contributed by atoms with Crippen molar-refractivity contribution in [1.82, 2.24) is 10.2 Å². The highest BCUT2D eigenvalue weighted by atomic mass is 35.5. The molecule has 0 spiro atoms. The van der Waals surface area contributed by atoms with Crippen LogP contribution in [0.1, 0.15) is 11.1 Å². The van der Waals surface area contributed by atoms with Crippen molar-refractivity contribution >= 4 is 23.3 Å². The van der Waals surface area contributed by atoms with Gasteiger partial charge in [0.2, 0.25) is 0 Å². The van der Waals surface area contributed by atoms with E-state index in [1.165, 1.54) is 0 Å². The van der Waals surface area contributed by atoms with Gasteiger partial charge in [-0.15, -0.1) is 0 Å². The summed E-state index contributed by atoms with van der Waals surface area (Å²) in [4.78, 5) is 16.6. The van der Waals surface area contributed by atoms with Gasteiger partial charge >= 0.3 is 6.03 Å². The molecular weight excluding hydrogens is 350 g/mol. The van der Waals surface area contributed by atoms with Crippen molar-refractivity contribution in [1.29, 1.82) is 0 Å². The third-order valence-corrected chi connectivity index (χ3v) is 5.16. The Balaban J connectivity index is 1.51. The normalized spacial score (nSPS) is 14.3. The summed E-state index contributed by atoms with van der Waals surface area (Å²) in [6.45, 7) is 5.54. The summed E-state index contributed by atoms with van der Waals surface area (Å²) in [6.07, 6.45) is 0. The van der Waals surface area contributed by atoms with E-state index in [0.29, 0.717) is 19.6 Å². The van der Waals surface area contributed by atoms with E-state index >= 15 is 0 Å². The fourth-order valence-corrected chi connectivity index (χ4v) is 3.29. The van der Waals surface area contributed by atoms with Crippen LogP contribution in [-0.4, -0.2) is 44.2 Å². The number of carbonyl (C=O) groups excluding carboxylic acids is 1. The molecule has 1 fully saturated rings. The molecule has 1 saturated heterocycles. The number of hydrogen-bond acceptors (Lipinski definition) is 3. The molecule has 3 rings (SSSR count). The van der Waals surface area contributed by atoms with Crippen molar-refractivity contribution in [2.24, 2.45) is 0 Å². The second-order valence-corrected chi connectivity index (χ2v) is 6.77. The third-order valence-electron chi connectivity index (χ3n) is 4.75. The second kappa shape index (κ2) is 8.32. The first-order valence-electron chi connectivity index (χ1n) is 8.74. The largest absolute Gasteiger partial charge is 0.497 e. The molecule has 2 aromatic carbocycles. The fraction of sp³-hybridized carbons (Fsp3) is 0.350. The molecule has 26 heavy (non-hydrogen) atoms. The van der Waals surface area contributed by atoms with E-state index in [-0.39, 0.29) is 6.03 Å². The fourth-order valence-electron chi connectivity index (χ4n) is 3.12. The number of carbonyl (C=O) groups is 1. The topological polar surface area (TPSA) is 44.8 Å². The van der Waals surface area contributed by atoms with Gasteiger partial charge in [-0.1, -0.05) is 29.8 Å². The minimum atomic E-state index is -0.0247. The van der Waals surface area contributed by atoms with Gasteiger partial charge in [0.05, 0.1) is 7.11 Å². The van der Waals surface area contributed by atoms with Gasteiger partial charge < -0.3 is 19.9 Å². The molecule has 0 bridgehead atoms. The van der Waals surface area contributed by atoms with Crippen molar-refractivity contribution in [2.75, 3.05) is 38.2 Å². The van der Waals surface area contributed by atoms with Crippen LogP contribution in [0.4, 0.5) is 10.5 Å². The number of amides is 2. The van der Waals surface area contributed by atoms with Crippen molar-refractivity contribution in [3.05, 3.63) is 58.6 Å². The predicted molar refractivity (Wildman–Crippen MR) is 105 cm³/mol. The summed E-state index contributed by atoms with van der Waals surface area (Å²) in [5, 5.41) is 3.77. The quantitative estimate of drug-likeness (QED) is 0.889. The van der Waals surface area contributed by atoms with Crippen molar-refractivity contribution in [2.45, 2.75) is 13.5 Å². The van der Waals surface area contributed by atoms with Gasteiger partial charge in [0.1, 0.15) is 5.75 Å². The monoisotopic (exact) mass is 373 g/mol. The highest BCUT2D eigenvalue weighted by Gasteiger charge is 2.22. The van der Waals surface area contributed by atoms with Crippen molar-refractivity contribution in [3.8, 4) is 5.75 Å². The van der Waals surface area contributed by atoms with Crippen LogP contribution < -0.4 is 15.0 Å². The number of halogens is 1. The number of hydrogen-bond donors (Lipinski definition) is 1. The summed E-state index contributed by atoms with van der Waals surface area (Å²) in [5.74, 6) is 0.813. The molecule has 0 aliphatic carbocycles. The molecule has 138 valence electrons. The van der Waals surface area contributed by atoms with E-state index in [1.54, 1.807) is 7.11 Å². The molecule has 2 amide bonds. The van der Waals surface area contributed by atoms with Gasteiger partial charge in [0.15, 0.2) is 0 Å². The van der Waals surface area contributed by atoms with Gasteiger partial charge in [0, 0.05) is 43.4 Å². The lowest BCUT2D eigenvalue weighted by molar-refractivity contribution is 0.194. The molecule has 0 saturated carbocycles. The van der Waals surface area contributed by atoms with E-state index in [9.17, 15) is 4.79 Å². The first-order valence-corrected chi connectivity index (χ1v) is 9.12. The number of rotatable bonds is 4. The van der Waals surface area contributed by atoms with E-state index in [2.05, 4.69) is 16.3 Å². The molecule has 1 heterocycles. The average Bonchev–Trinajstić information content (AvgIpc) is 2.69. The van der Waals surface area contributed by atoms with E-state index < -0.39 is 0 Å². The molecule has 0 radical (unpaired) electrons. The third kappa shape index (κ3) is 4.22. The number of nitrogens with zero attached hydrogens (tertiary/aromatic N) is 2. The number of piperazine rings is 1. The zero-order valence-corrected chi connectivity index (χ0v) is 15.9. The van der Waals surface area contributed by atoms with Crippen molar-refractivity contribution in [3.63, 3.8) is 0 Å². The Hall–Kier alpha value is -2.40. The zero-order valence-electron chi connectivity index (χ0n) is 15.2. The average molecular weight is 374 g/mol. The lowest BCUT2D eigenvalue weighted by atomic mass is 10.1. The maximum absolute atomic E-state index is 12.4. The van der Waals surface area contributed by atoms with E-state index in [1.807, 2.05) is 48.2 Å². The Morgan fingerprint density at radius 3 is 2.46 bits per heavy atom. The predicted octanol–water partition coefficient (Wildman–Crippen LogP) is 3.69. The van der Waals surface area contributed by atoms with Crippen LogP contribution in [0, 0.1) is 6.92 Å². The summed E-state index contributed by atoms with van der Waals surface area (Å²) >= 11 is 6.22. The Bertz CT molecular complexity index is 756. The van der Waals surface area contributed by atoms with Crippen LogP contribution in [0.2, 0.25) is 5.02 Å². The van der Waals surface area contributed by atoms with Crippen molar-refractivity contribution < 1.29 is 9.53 Å². The van der Waals surface area contributed by atoms with Crippen LogP contribution in [0.25, 0.3) is 0 Å². The summed E-state index contributed by atoms with van der Waals surface area (Å²) in [5.41, 5.74) is 3.29. The SMILES string of the molecule is COc1ccc(CNC(=O)N2CCN(c3cccc(Cl)c3C)CC2)cc1. The summed E-state index contributed by atoms with van der Waals surface area (Å²) < 4.78 is 5.14. The number of nitrogens with one attached hydrogen (secondary N) is 1. The summed E-state index contributed by atoms with van der Waals surface area (Å²) in [6, 6.07) is 13.6. The van der Waals surface area contributed by atoms with Crippen LogP contribution in [0.15, 0.2) is 42.5 Å². The molecule has 1 aliphatic rings. The molecule has 0 unspecified atom stereocenters. The van der Waals surface area contributed by atoms with E-state index in [4.69, 9.17) is 16.3 Å². The number of ether oxygens (including phenoxy) is 1. The minimum Gasteiger partial charge on any atom is -0.497 e. The molecule has 0 atom stereocenters. The van der Waals surface area contributed by atoms with Gasteiger partial charge in [-0.25, -0.2) is 4.79 Å². The van der Waals surface area contributed by atoms with Gasteiger partial charge in [-0.2, -0.15) is 0 Å². The molecule has 2 aromatic rings. The van der Waals surface area contributed by atoms with Crippen LogP contribution in [0.5, 0.6) is 5.75 Å². The highest BCUT2D eigenvalue weighted by molar-refractivity contribution is 6.31. The Morgan fingerprint density at radius 1 is 1.12 bits per heavy atom. The minimum absolute atomic E-state index is 0.0247. The maximum atomic E-state index is 12.4. The number of anilines is 1. The Labute approximate surface area is 159 Å². The standard InChI is InChI=1S/C20H24ClN3O2/c1-15-18(21)4-3-5-19(15)23-10-12-24(13-11-23)20(25)22-14-16-6-8-17(26-2)9-7-16/h3-9H,10-14H2,1-2H3,(H,22,25). The highest BCUT2D eigenvalue weighted by Crippen LogP contribution is 2.27. The van der Waals surface area contributed by atoms with Gasteiger partial charge in [-0.05, 0) is 42.3 Å². The zero-order chi connectivity index (χ0) is 18.5. The Morgan fingerprint density at radius 2 is 1.81 bits per heavy atom. The Kier molecular flexibility index (Phi) is 5.89. The number of urea groups is 1. The van der Waals surface area contributed by atoms with Gasteiger partial charge in [-0.3, -0.25) is 0 Å². The van der Waals surface area contributed by atoms with E-state index in [0.717, 1.165) is 40.7 Å². The maximum Gasteiger partial charge on any atom is 0.317 e. The molecular formula is C20H24ClN3O2. The summed E-state index contributed by atoms with van der Waals surface area (Å²) in [7, 11) is 1.64. The molecule has 5 nitrogen and oxygen atoms in total.